The van der Waals surface area contributed by atoms with Gasteiger partial charge in [-0.3, -0.25) is 14.6 Å². The van der Waals surface area contributed by atoms with Gasteiger partial charge < -0.3 is 20.3 Å². The van der Waals surface area contributed by atoms with Gasteiger partial charge in [0.25, 0.3) is 0 Å². The fourth-order valence-electron chi connectivity index (χ4n) is 5.34. The van der Waals surface area contributed by atoms with E-state index in [0.29, 0.717) is 42.3 Å². The average molecular weight is 579 g/mol. The van der Waals surface area contributed by atoms with Crippen LogP contribution < -0.4 is 10.6 Å². The topological polar surface area (TPSA) is 127 Å². The van der Waals surface area contributed by atoms with Crippen LogP contribution >= 0.6 is 15.9 Å². The number of amides is 1. The summed E-state index contributed by atoms with van der Waals surface area (Å²) in [6.45, 7) is 1.50. The summed E-state index contributed by atoms with van der Waals surface area (Å²) >= 11 is 3.54. The molecule has 1 aromatic carbocycles. The second-order valence-electron chi connectivity index (χ2n) is 9.68. The van der Waals surface area contributed by atoms with Gasteiger partial charge in [0.05, 0.1) is 23.7 Å². The van der Waals surface area contributed by atoms with Crippen LogP contribution in [0.1, 0.15) is 19.3 Å². The number of nitrogens with one attached hydrogen (secondary N) is 2. The van der Waals surface area contributed by atoms with E-state index in [1.165, 1.54) is 7.11 Å². The van der Waals surface area contributed by atoms with Gasteiger partial charge in [-0.2, -0.15) is 10.1 Å². The third kappa shape index (κ3) is 4.69. The van der Waals surface area contributed by atoms with Crippen molar-refractivity contribution in [2.75, 3.05) is 32.1 Å². The molecule has 2 N–H and O–H groups in total. The summed E-state index contributed by atoms with van der Waals surface area (Å²) in [5.74, 6) is 0.152. The molecule has 0 spiro atoms. The van der Waals surface area contributed by atoms with Crippen molar-refractivity contribution in [1.29, 1.82) is 0 Å². The zero-order valence-electron chi connectivity index (χ0n) is 20.8. The fraction of sp³-hybridized carbons (Fsp3) is 0.385. The first-order valence-corrected chi connectivity index (χ1v) is 13.4. The quantitative estimate of drug-likeness (QED) is 0.343. The normalized spacial score (nSPS) is 21.6. The first-order valence-electron chi connectivity index (χ1n) is 12.6. The van der Waals surface area contributed by atoms with Crippen LogP contribution in [0.25, 0.3) is 27.6 Å². The Hall–Kier alpha value is -3.64. The minimum Gasteiger partial charge on any atom is -0.468 e. The number of halogens is 1. The van der Waals surface area contributed by atoms with E-state index in [4.69, 9.17) is 9.72 Å². The van der Waals surface area contributed by atoms with Crippen LogP contribution in [0.15, 0.2) is 47.3 Å². The Balaban J connectivity index is 1.17. The van der Waals surface area contributed by atoms with Gasteiger partial charge in [-0.05, 0) is 59.5 Å². The number of fused-ring (bicyclic) bond motifs is 2. The standard InChI is InChI=1S/C26H27BrN8O3/c1-38-25(37)21-14-34(10-9-29-21)24(36)16-4-5-17(11-16)31-26-30-13-19-22(27)33-35(23(19)32-26)18-6-7-20-15(12-18)3-2-8-28-20/h2-3,6-8,12-13,16-17,21,29H,4-5,9-11,14H2,1H3,(H,30,31,32)/t16-,17-,21?/m1/s1. The number of ether oxygens (including phenoxy) is 1. The molecule has 1 aliphatic heterocycles. The molecule has 2 aliphatic rings. The number of benzene rings is 1. The molecule has 1 amide bonds. The maximum Gasteiger partial charge on any atom is 0.324 e. The zero-order valence-corrected chi connectivity index (χ0v) is 22.4. The number of rotatable bonds is 5. The molecular weight excluding hydrogens is 552 g/mol. The monoisotopic (exact) mass is 578 g/mol. The zero-order chi connectivity index (χ0) is 26.2. The van der Waals surface area contributed by atoms with Crippen LogP contribution in [0, 0.1) is 5.92 Å². The minimum atomic E-state index is -0.476. The molecular formula is C26H27BrN8O3. The molecule has 0 bridgehead atoms. The average Bonchev–Trinajstić information content (AvgIpc) is 3.56. The number of anilines is 1. The molecule has 38 heavy (non-hydrogen) atoms. The van der Waals surface area contributed by atoms with Crippen molar-refractivity contribution in [2.24, 2.45) is 5.92 Å². The first kappa shape index (κ1) is 24.7. The smallest absolute Gasteiger partial charge is 0.324 e. The Morgan fingerprint density at radius 1 is 1.21 bits per heavy atom. The third-order valence-corrected chi connectivity index (χ3v) is 7.88. The summed E-state index contributed by atoms with van der Waals surface area (Å²) < 4.78 is 7.30. The first-order chi connectivity index (χ1) is 18.5. The molecule has 4 aromatic rings. The highest BCUT2D eigenvalue weighted by atomic mass is 79.9. The Bertz CT molecular complexity index is 1530. The van der Waals surface area contributed by atoms with Gasteiger partial charge in [0.1, 0.15) is 10.6 Å². The lowest BCUT2D eigenvalue weighted by Crippen LogP contribution is -2.56. The molecule has 1 saturated carbocycles. The molecule has 12 heteroatoms. The van der Waals surface area contributed by atoms with Crippen molar-refractivity contribution in [1.82, 2.24) is 34.9 Å². The maximum absolute atomic E-state index is 13.2. The number of piperazine rings is 1. The second-order valence-corrected chi connectivity index (χ2v) is 10.4. The van der Waals surface area contributed by atoms with E-state index in [2.05, 4.69) is 41.6 Å². The SMILES string of the molecule is COC(=O)C1CN(C(=O)[C@@H]2CC[C@@H](Nc3ncc4c(Br)nn(-c5ccc6ncccc6c5)c4n3)C2)CCN1. The summed E-state index contributed by atoms with van der Waals surface area (Å²) in [5.41, 5.74) is 2.47. The van der Waals surface area contributed by atoms with Crippen molar-refractivity contribution >= 4 is 55.7 Å². The molecule has 11 nitrogen and oxygen atoms in total. The van der Waals surface area contributed by atoms with Crippen LogP contribution in [-0.2, 0) is 14.3 Å². The third-order valence-electron chi connectivity index (χ3n) is 7.30. The second kappa shape index (κ2) is 10.3. The summed E-state index contributed by atoms with van der Waals surface area (Å²) in [4.78, 5) is 40.6. The molecule has 1 aliphatic carbocycles. The van der Waals surface area contributed by atoms with Crippen molar-refractivity contribution in [3.63, 3.8) is 0 Å². The fourth-order valence-corrected chi connectivity index (χ4v) is 5.78. The van der Waals surface area contributed by atoms with Crippen molar-refractivity contribution in [2.45, 2.75) is 31.3 Å². The predicted octanol–water partition coefficient (Wildman–Crippen LogP) is 2.68. The van der Waals surface area contributed by atoms with Crippen LogP contribution in [0.5, 0.6) is 0 Å². The number of carbonyl (C=O) groups is 2. The molecule has 1 saturated heterocycles. The van der Waals surface area contributed by atoms with Gasteiger partial charge >= 0.3 is 5.97 Å². The number of methoxy groups -OCH3 is 1. The van der Waals surface area contributed by atoms with Gasteiger partial charge in [0.15, 0.2) is 5.65 Å². The van der Waals surface area contributed by atoms with E-state index in [1.807, 2.05) is 30.3 Å². The van der Waals surface area contributed by atoms with Crippen LogP contribution in [0.4, 0.5) is 5.95 Å². The molecule has 0 radical (unpaired) electrons. The van der Waals surface area contributed by atoms with E-state index in [0.717, 1.165) is 34.8 Å². The number of hydrogen-bond donors (Lipinski definition) is 2. The number of pyridine rings is 1. The summed E-state index contributed by atoms with van der Waals surface area (Å²) in [7, 11) is 1.36. The summed E-state index contributed by atoms with van der Waals surface area (Å²) in [6.07, 6.45) is 5.84. The number of carbonyl (C=O) groups excluding carboxylic acids is 2. The van der Waals surface area contributed by atoms with Gasteiger partial charge in [-0.15, -0.1) is 0 Å². The Kier molecular flexibility index (Phi) is 6.66. The van der Waals surface area contributed by atoms with E-state index in [-0.39, 0.29) is 23.8 Å². The number of esters is 1. The van der Waals surface area contributed by atoms with Crippen LogP contribution in [-0.4, -0.2) is 80.3 Å². The lowest BCUT2D eigenvalue weighted by atomic mass is 10.0. The highest BCUT2D eigenvalue weighted by molar-refractivity contribution is 9.10. The molecule has 3 aromatic heterocycles. The molecule has 4 heterocycles. The van der Waals surface area contributed by atoms with Gasteiger partial charge in [-0.25, -0.2) is 9.67 Å². The van der Waals surface area contributed by atoms with Gasteiger partial charge in [0, 0.05) is 49.4 Å². The number of nitrogens with zero attached hydrogens (tertiary/aromatic N) is 6. The van der Waals surface area contributed by atoms with E-state index in [1.54, 1.807) is 22.0 Å². The molecule has 3 atom stereocenters. The number of hydrogen-bond acceptors (Lipinski definition) is 9. The van der Waals surface area contributed by atoms with Crippen molar-refractivity contribution in [3.05, 3.63) is 47.3 Å². The maximum atomic E-state index is 13.2. The largest absolute Gasteiger partial charge is 0.468 e. The lowest BCUT2D eigenvalue weighted by molar-refractivity contribution is -0.146. The Labute approximate surface area is 227 Å². The summed E-state index contributed by atoms with van der Waals surface area (Å²) in [5, 5.41) is 13.0. The van der Waals surface area contributed by atoms with Crippen molar-refractivity contribution in [3.8, 4) is 5.69 Å². The Morgan fingerprint density at radius 3 is 2.97 bits per heavy atom. The van der Waals surface area contributed by atoms with Crippen molar-refractivity contribution < 1.29 is 14.3 Å². The molecule has 196 valence electrons. The number of aromatic nitrogens is 5. The van der Waals surface area contributed by atoms with Gasteiger partial charge in [-0.1, -0.05) is 6.07 Å². The lowest BCUT2D eigenvalue weighted by Gasteiger charge is -2.33. The Morgan fingerprint density at radius 2 is 2.11 bits per heavy atom. The van der Waals surface area contributed by atoms with Crippen LogP contribution in [0.2, 0.25) is 0 Å². The highest BCUT2D eigenvalue weighted by Crippen LogP contribution is 2.31. The van der Waals surface area contributed by atoms with E-state index >= 15 is 0 Å². The van der Waals surface area contributed by atoms with E-state index < -0.39 is 6.04 Å². The van der Waals surface area contributed by atoms with Crippen LogP contribution in [0.3, 0.4) is 0 Å². The van der Waals surface area contributed by atoms with Gasteiger partial charge in [0.2, 0.25) is 11.9 Å². The molecule has 6 rings (SSSR count). The molecule has 2 fully saturated rings. The summed E-state index contributed by atoms with van der Waals surface area (Å²) in [6, 6.07) is 9.49. The highest BCUT2D eigenvalue weighted by Gasteiger charge is 2.36. The molecule has 1 unspecified atom stereocenters. The minimum absolute atomic E-state index is 0.0762. The van der Waals surface area contributed by atoms with E-state index in [9.17, 15) is 9.59 Å². The predicted molar refractivity (Wildman–Crippen MR) is 145 cm³/mol.